The van der Waals surface area contributed by atoms with Crippen LogP contribution < -0.4 is 5.32 Å². The summed E-state index contributed by atoms with van der Waals surface area (Å²) in [6, 6.07) is 14.8. The summed E-state index contributed by atoms with van der Waals surface area (Å²) in [6.45, 7) is 6.75. The number of amides is 1. The molecule has 2 heterocycles. The lowest BCUT2D eigenvalue weighted by Gasteiger charge is -2.32. The molecule has 0 aliphatic carbocycles. The number of aryl methyl sites for hydroxylation is 1. The first-order valence-corrected chi connectivity index (χ1v) is 12.6. The number of oxime groups is 1. The lowest BCUT2D eigenvalue weighted by molar-refractivity contribution is -0.228. The molecule has 11 heteroatoms. The quantitative estimate of drug-likeness (QED) is 0.186. The summed E-state index contributed by atoms with van der Waals surface area (Å²) >= 11 is 0. The van der Waals surface area contributed by atoms with Gasteiger partial charge in [-0.1, -0.05) is 61.8 Å². The molecule has 11 nitrogen and oxygen atoms in total. The van der Waals surface area contributed by atoms with Crippen molar-refractivity contribution in [2.24, 2.45) is 12.2 Å². The van der Waals surface area contributed by atoms with E-state index in [0.29, 0.717) is 42.7 Å². The number of pyridine rings is 1. The second kappa shape index (κ2) is 14.1. The van der Waals surface area contributed by atoms with Gasteiger partial charge in [0.15, 0.2) is 12.3 Å². The smallest absolute Gasteiger partial charge is 0.285 e. The van der Waals surface area contributed by atoms with Crippen molar-refractivity contribution in [3.63, 3.8) is 0 Å². The zero-order valence-corrected chi connectivity index (χ0v) is 21.9. The number of rotatable bonds is 15. The topological polar surface area (TPSA) is 126 Å². The second-order valence-electron chi connectivity index (χ2n) is 8.31. The van der Waals surface area contributed by atoms with Crippen molar-refractivity contribution in [3.8, 4) is 0 Å². The van der Waals surface area contributed by atoms with Crippen molar-refractivity contribution in [2.75, 3.05) is 18.5 Å². The molecule has 1 aromatic carbocycles. The molecule has 1 unspecified atom stereocenters. The van der Waals surface area contributed by atoms with E-state index in [1.54, 1.807) is 25.2 Å². The minimum Gasteiger partial charge on any atom is -0.389 e. The number of hydrogen-bond acceptors (Lipinski definition) is 9. The number of tetrazole rings is 1. The van der Waals surface area contributed by atoms with Crippen LogP contribution in [0.25, 0.3) is 0 Å². The molecular weight excluding hydrogens is 474 g/mol. The number of aromatic nitrogens is 5. The van der Waals surface area contributed by atoms with Crippen LogP contribution >= 0.6 is 0 Å². The summed E-state index contributed by atoms with van der Waals surface area (Å²) in [5, 5.41) is 18.8. The van der Waals surface area contributed by atoms with Crippen molar-refractivity contribution in [2.45, 2.75) is 58.8 Å². The van der Waals surface area contributed by atoms with Crippen molar-refractivity contribution in [3.05, 3.63) is 65.6 Å². The van der Waals surface area contributed by atoms with Crippen LogP contribution in [0.2, 0.25) is 0 Å². The number of benzene rings is 1. The minimum absolute atomic E-state index is 0.0735. The summed E-state index contributed by atoms with van der Waals surface area (Å²) in [7, 11) is 1.73. The summed E-state index contributed by atoms with van der Waals surface area (Å²) in [6.07, 6.45) is 2.94. The fourth-order valence-electron chi connectivity index (χ4n) is 3.59. The largest absolute Gasteiger partial charge is 0.389 e. The number of hydrogen-bond donors (Lipinski definition) is 1. The number of unbranched alkanes of at least 4 members (excludes halogenated alkanes) is 1. The van der Waals surface area contributed by atoms with Crippen LogP contribution in [-0.2, 0) is 32.8 Å². The molecule has 0 saturated carbocycles. The van der Waals surface area contributed by atoms with Crippen molar-refractivity contribution < 1.29 is 19.1 Å². The molecule has 3 rings (SSSR count). The van der Waals surface area contributed by atoms with Crippen LogP contribution in [-0.4, -0.2) is 55.8 Å². The Kier molecular flexibility index (Phi) is 10.7. The van der Waals surface area contributed by atoms with Gasteiger partial charge in [-0.25, -0.2) is 9.67 Å². The van der Waals surface area contributed by atoms with Gasteiger partial charge < -0.3 is 19.6 Å². The van der Waals surface area contributed by atoms with E-state index in [4.69, 9.17) is 14.3 Å². The Morgan fingerprint density at radius 1 is 1.05 bits per heavy atom. The summed E-state index contributed by atoms with van der Waals surface area (Å²) < 4.78 is 13.3. The highest BCUT2D eigenvalue weighted by Gasteiger charge is 2.40. The summed E-state index contributed by atoms with van der Waals surface area (Å²) in [5.74, 6) is -0.891. The maximum Gasteiger partial charge on any atom is 0.285 e. The number of carbonyl (C=O) groups is 1. The number of nitrogens with zero attached hydrogens (tertiary/aromatic N) is 6. The molecule has 0 saturated heterocycles. The average molecular weight is 510 g/mol. The van der Waals surface area contributed by atoms with Gasteiger partial charge >= 0.3 is 0 Å². The lowest BCUT2D eigenvalue weighted by atomic mass is 10.1. The first-order valence-electron chi connectivity index (χ1n) is 12.6. The van der Waals surface area contributed by atoms with E-state index >= 15 is 0 Å². The molecule has 0 bridgehead atoms. The fraction of sp³-hybridized carbons (Fsp3) is 0.462. The Hall–Kier alpha value is -3.70. The summed E-state index contributed by atoms with van der Waals surface area (Å²) in [5.41, 5.74) is 1.87. The molecule has 0 spiro atoms. The van der Waals surface area contributed by atoms with Crippen LogP contribution in [0.4, 0.5) is 5.82 Å². The van der Waals surface area contributed by atoms with Crippen LogP contribution in [0.15, 0.2) is 53.7 Å². The van der Waals surface area contributed by atoms with E-state index in [0.717, 1.165) is 24.8 Å². The second-order valence-corrected chi connectivity index (χ2v) is 8.31. The fourth-order valence-corrected chi connectivity index (χ4v) is 3.59. The predicted molar refractivity (Wildman–Crippen MR) is 139 cm³/mol. The van der Waals surface area contributed by atoms with E-state index in [1.165, 1.54) is 4.68 Å². The molecule has 198 valence electrons. The number of anilines is 1. The van der Waals surface area contributed by atoms with E-state index in [-0.39, 0.29) is 12.5 Å². The molecule has 0 fully saturated rings. The minimum atomic E-state index is -1.35. The Morgan fingerprint density at radius 3 is 2.54 bits per heavy atom. The van der Waals surface area contributed by atoms with E-state index in [2.05, 4.69) is 37.9 Å². The highest BCUT2D eigenvalue weighted by atomic mass is 16.7. The van der Waals surface area contributed by atoms with Gasteiger partial charge in [0.05, 0.1) is 12.3 Å². The van der Waals surface area contributed by atoms with Crippen molar-refractivity contribution in [1.82, 2.24) is 25.2 Å². The van der Waals surface area contributed by atoms with Gasteiger partial charge in [0.2, 0.25) is 11.6 Å². The third-order valence-corrected chi connectivity index (χ3v) is 5.42. The van der Waals surface area contributed by atoms with E-state index in [1.807, 2.05) is 44.2 Å². The predicted octanol–water partition coefficient (Wildman–Crippen LogP) is 3.86. The first-order chi connectivity index (χ1) is 18.0. The third kappa shape index (κ3) is 7.64. The molecule has 3 aromatic rings. The monoisotopic (exact) mass is 509 g/mol. The number of carbonyl (C=O) groups excluding carboxylic acids is 1. The van der Waals surface area contributed by atoms with Crippen molar-refractivity contribution in [1.29, 1.82) is 0 Å². The highest BCUT2D eigenvalue weighted by Crippen LogP contribution is 2.24. The lowest BCUT2D eigenvalue weighted by Crippen LogP contribution is -2.48. The Labute approximate surface area is 217 Å². The van der Waals surface area contributed by atoms with Gasteiger partial charge in [-0.15, -0.1) is 5.10 Å². The van der Waals surface area contributed by atoms with Gasteiger partial charge in [-0.3, -0.25) is 4.79 Å². The summed E-state index contributed by atoms with van der Waals surface area (Å²) in [4.78, 5) is 23.5. The highest BCUT2D eigenvalue weighted by molar-refractivity contribution is 6.10. The first kappa shape index (κ1) is 27.9. The average Bonchev–Trinajstić information content (AvgIpc) is 3.34. The van der Waals surface area contributed by atoms with E-state index in [9.17, 15) is 4.79 Å². The van der Waals surface area contributed by atoms with Crippen LogP contribution in [0, 0.1) is 0 Å². The molecule has 0 aliphatic heterocycles. The molecule has 1 atom stereocenters. The Balaban J connectivity index is 1.74. The van der Waals surface area contributed by atoms with Gasteiger partial charge in [0.1, 0.15) is 5.82 Å². The Morgan fingerprint density at radius 2 is 1.86 bits per heavy atom. The SMILES string of the molecule is CCCCC(OCC)(OCCC)C(=O)Nc1cccc(CO/N=C(/c2ccccc2)c2nnnn2C)n1. The maximum atomic E-state index is 13.3. The van der Waals surface area contributed by atoms with E-state index < -0.39 is 5.79 Å². The maximum absolute atomic E-state index is 13.3. The van der Waals surface area contributed by atoms with Crippen LogP contribution in [0.1, 0.15) is 63.5 Å². The standard InChI is InChI=1S/C26H35N7O4/c1-5-8-17-26(35-7-3,36-18-6-2)25(34)28-22-16-12-15-21(27-22)19-37-30-23(20-13-10-9-11-14-20)24-29-31-32-33(24)4/h9-16H,5-8,17-19H2,1-4H3,(H,27,28,34)/b30-23-. The molecule has 1 amide bonds. The Bertz CT molecular complexity index is 1140. The molecule has 1 N–H and O–H groups in total. The zero-order chi connectivity index (χ0) is 26.5. The van der Waals surface area contributed by atoms with Crippen molar-refractivity contribution >= 4 is 17.4 Å². The third-order valence-electron chi connectivity index (χ3n) is 5.42. The normalized spacial score (nSPS) is 13.2. The van der Waals surface area contributed by atoms with Crippen LogP contribution in [0.3, 0.4) is 0 Å². The molecule has 0 aliphatic rings. The number of ether oxygens (including phenoxy) is 2. The van der Waals surface area contributed by atoms with Gasteiger partial charge in [-0.2, -0.15) is 0 Å². The molecular formula is C26H35N7O4. The molecule has 2 aromatic heterocycles. The zero-order valence-electron chi connectivity index (χ0n) is 21.9. The molecule has 0 radical (unpaired) electrons. The number of nitrogens with one attached hydrogen (secondary N) is 1. The van der Waals surface area contributed by atoms with Crippen LogP contribution in [0.5, 0.6) is 0 Å². The molecule has 37 heavy (non-hydrogen) atoms. The van der Waals surface area contributed by atoms with Gasteiger partial charge in [-0.05, 0) is 42.3 Å². The van der Waals surface area contributed by atoms with Gasteiger partial charge in [0, 0.05) is 25.6 Å². The van der Waals surface area contributed by atoms with Gasteiger partial charge in [0.25, 0.3) is 5.91 Å².